The second-order valence-corrected chi connectivity index (χ2v) is 6.37. The molecule has 7 heteroatoms. The molecule has 0 aromatic rings. The van der Waals surface area contributed by atoms with Crippen molar-refractivity contribution in [3.8, 4) is 0 Å². The monoisotopic (exact) mass is 276 g/mol. The first-order valence-corrected chi connectivity index (χ1v) is 6.60. The van der Waals surface area contributed by atoms with Crippen molar-refractivity contribution in [1.29, 1.82) is 4.78 Å². The summed E-state index contributed by atoms with van der Waals surface area (Å²) >= 11 is 0. The van der Waals surface area contributed by atoms with Gasteiger partial charge in [-0.1, -0.05) is 0 Å². The van der Waals surface area contributed by atoms with Crippen molar-refractivity contribution in [2.75, 3.05) is 31.2 Å². The Morgan fingerprint density at radius 2 is 1.87 bits per heavy atom. The fraction of sp³-hybridized carbons (Fsp3) is 1.00. The van der Waals surface area contributed by atoms with Crippen LogP contribution in [0.5, 0.6) is 0 Å². The van der Waals surface area contributed by atoms with E-state index in [2.05, 4.69) is 5.32 Å². The van der Waals surface area contributed by atoms with Crippen LogP contribution in [0.25, 0.3) is 0 Å². The third kappa shape index (κ3) is 3.75. The molecule has 2 heterocycles. The van der Waals surface area contributed by atoms with Crippen LogP contribution in [-0.2, 0) is 14.5 Å². The predicted octanol–water partition coefficient (Wildman–Crippen LogP) is 1.03. The Balaban J connectivity index is 0.000000980. The zero-order valence-corrected chi connectivity index (χ0v) is 10.9. The van der Waals surface area contributed by atoms with Crippen molar-refractivity contribution in [3.63, 3.8) is 0 Å². The van der Waals surface area contributed by atoms with Gasteiger partial charge in [0.25, 0.3) is 0 Å². The van der Waals surface area contributed by atoms with Crippen molar-refractivity contribution in [1.82, 2.24) is 5.32 Å². The van der Waals surface area contributed by atoms with E-state index in [1.54, 1.807) is 0 Å². The van der Waals surface area contributed by atoms with Crippen LogP contribution < -0.4 is 5.32 Å². The zero-order valence-electron chi connectivity index (χ0n) is 8.49. The molecule has 0 aromatic heterocycles. The SMILES string of the molecule is Cl.Cl.N=S1(=O)CCC2(CC1)CNCCO2. The highest BCUT2D eigenvalue weighted by molar-refractivity contribution is 7.92. The van der Waals surface area contributed by atoms with Crippen LogP contribution in [0.3, 0.4) is 0 Å². The number of rotatable bonds is 0. The van der Waals surface area contributed by atoms with Gasteiger partial charge in [0.15, 0.2) is 0 Å². The molecule has 4 nitrogen and oxygen atoms in total. The maximum absolute atomic E-state index is 11.4. The Bertz CT molecular complexity index is 273. The maximum Gasteiger partial charge on any atom is 0.0825 e. The quantitative estimate of drug-likeness (QED) is 0.695. The van der Waals surface area contributed by atoms with Crippen molar-refractivity contribution < 1.29 is 8.95 Å². The summed E-state index contributed by atoms with van der Waals surface area (Å²) in [5, 5.41) is 3.29. The number of nitrogens with one attached hydrogen (secondary N) is 2. The molecule has 2 aliphatic rings. The number of hydrogen-bond acceptors (Lipinski definition) is 4. The smallest absolute Gasteiger partial charge is 0.0825 e. The standard InChI is InChI=1S/C8H16N2O2S.2ClH/c9-13(11)5-1-8(2-6-13)7-10-3-4-12-8;;/h9-10H,1-7H2;2*1H. The maximum atomic E-state index is 11.4. The summed E-state index contributed by atoms with van der Waals surface area (Å²) in [6.07, 6.45) is 1.56. The summed E-state index contributed by atoms with van der Waals surface area (Å²) in [6, 6.07) is 0. The van der Waals surface area contributed by atoms with Gasteiger partial charge in [0.05, 0.1) is 12.2 Å². The first-order valence-electron chi connectivity index (χ1n) is 4.71. The molecule has 2 N–H and O–H groups in total. The lowest BCUT2D eigenvalue weighted by Crippen LogP contribution is -2.53. The lowest BCUT2D eigenvalue weighted by molar-refractivity contribution is -0.0712. The lowest BCUT2D eigenvalue weighted by Gasteiger charge is -2.40. The number of halogens is 2. The fourth-order valence-corrected chi connectivity index (χ4v) is 3.56. The zero-order chi connectivity index (χ0) is 9.36. The fourth-order valence-electron chi connectivity index (χ4n) is 1.96. The van der Waals surface area contributed by atoms with E-state index in [-0.39, 0.29) is 30.4 Å². The second kappa shape index (κ2) is 5.68. The van der Waals surface area contributed by atoms with Crippen molar-refractivity contribution >= 4 is 34.5 Å². The summed E-state index contributed by atoms with van der Waals surface area (Å²) in [4.78, 5) is 0. The average Bonchev–Trinajstić information content (AvgIpc) is 2.13. The van der Waals surface area contributed by atoms with Crippen LogP contribution in [0.4, 0.5) is 0 Å². The molecular weight excluding hydrogens is 259 g/mol. The summed E-state index contributed by atoms with van der Waals surface area (Å²) < 4.78 is 24.6. The van der Waals surface area contributed by atoms with Crippen LogP contribution in [0.1, 0.15) is 12.8 Å². The van der Waals surface area contributed by atoms with Crippen LogP contribution >= 0.6 is 24.8 Å². The molecule has 15 heavy (non-hydrogen) atoms. The third-order valence-electron chi connectivity index (χ3n) is 2.91. The molecule has 2 saturated heterocycles. The molecule has 0 unspecified atom stereocenters. The van der Waals surface area contributed by atoms with Gasteiger partial charge in [0.2, 0.25) is 0 Å². The molecule has 0 radical (unpaired) electrons. The molecule has 0 saturated carbocycles. The van der Waals surface area contributed by atoms with E-state index in [1.165, 1.54) is 0 Å². The van der Waals surface area contributed by atoms with Crippen LogP contribution in [0, 0.1) is 4.78 Å². The Hall–Kier alpha value is 0.450. The van der Waals surface area contributed by atoms with Gasteiger partial charge >= 0.3 is 0 Å². The predicted molar refractivity (Wildman–Crippen MR) is 65.9 cm³/mol. The van der Waals surface area contributed by atoms with Gasteiger partial charge in [0.1, 0.15) is 0 Å². The van der Waals surface area contributed by atoms with Gasteiger partial charge < -0.3 is 10.1 Å². The molecule has 0 atom stereocenters. The first-order chi connectivity index (χ1) is 6.12. The normalized spacial score (nSPS) is 40.3. The third-order valence-corrected chi connectivity index (χ3v) is 4.64. The largest absolute Gasteiger partial charge is 0.372 e. The molecule has 92 valence electrons. The van der Waals surface area contributed by atoms with E-state index in [4.69, 9.17) is 9.52 Å². The van der Waals surface area contributed by atoms with Gasteiger partial charge in [-0.15, -0.1) is 24.8 Å². The Labute approximate surface area is 103 Å². The number of hydrogen-bond donors (Lipinski definition) is 2. The molecular formula is C8H18Cl2N2O2S. The van der Waals surface area contributed by atoms with Gasteiger partial charge in [0, 0.05) is 34.3 Å². The second-order valence-electron chi connectivity index (χ2n) is 3.93. The highest BCUT2D eigenvalue weighted by Crippen LogP contribution is 2.28. The van der Waals surface area contributed by atoms with Crippen molar-refractivity contribution in [2.45, 2.75) is 18.4 Å². The van der Waals surface area contributed by atoms with E-state index >= 15 is 0 Å². The van der Waals surface area contributed by atoms with Gasteiger partial charge in [-0.25, -0.2) is 4.21 Å². The van der Waals surface area contributed by atoms with E-state index < -0.39 is 9.73 Å². The summed E-state index contributed by atoms with van der Waals surface area (Å²) in [5.41, 5.74) is -0.0970. The van der Waals surface area contributed by atoms with Gasteiger partial charge in [-0.2, -0.15) is 0 Å². The molecule has 0 aliphatic carbocycles. The Morgan fingerprint density at radius 1 is 1.27 bits per heavy atom. The van der Waals surface area contributed by atoms with E-state index in [9.17, 15) is 4.21 Å². The number of ether oxygens (including phenoxy) is 1. The van der Waals surface area contributed by atoms with Crippen LogP contribution in [-0.4, -0.2) is 41.0 Å². The Kier molecular flexibility index (Phi) is 5.85. The molecule has 0 bridgehead atoms. The average molecular weight is 277 g/mol. The minimum Gasteiger partial charge on any atom is -0.372 e. The summed E-state index contributed by atoms with van der Waals surface area (Å²) in [7, 11) is -2.27. The topological polar surface area (TPSA) is 62.2 Å². The molecule has 2 fully saturated rings. The van der Waals surface area contributed by atoms with Crippen molar-refractivity contribution in [2.24, 2.45) is 0 Å². The lowest BCUT2D eigenvalue weighted by atomic mass is 9.95. The van der Waals surface area contributed by atoms with Crippen LogP contribution in [0.2, 0.25) is 0 Å². The molecule has 1 spiro atoms. The molecule has 2 rings (SSSR count). The minimum absolute atomic E-state index is 0. The van der Waals surface area contributed by atoms with Crippen molar-refractivity contribution in [3.05, 3.63) is 0 Å². The minimum atomic E-state index is -2.27. The molecule has 2 aliphatic heterocycles. The van der Waals surface area contributed by atoms with E-state index in [1.807, 2.05) is 0 Å². The highest BCUT2D eigenvalue weighted by Gasteiger charge is 2.37. The highest BCUT2D eigenvalue weighted by atomic mass is 35.5. The summed E-state index contributed by atoms with van der Waals surface area (Å²) in [6.45, 7) is 2.53. The molecule has 0 aromatic carbocycles. The Morgan fingerprint density at radius 3 is 2.33 bits per heavy atom. The van der Waals surface area contributed by atoms with E-state index in [0.717, 1.165) is 32.5 Å². The number of morpholine rings is 1. The van der Waals surface area contributed by atoms with Crippen LogP contribution in [0.15, 0.2) is 0 Å². The van der Waals surface area contributed by atoms with Gasteiger partial charge in [-0.05, 0) is 12.8 Å². The molecule has 0 amide bonds. The van der Waals surface area contributed by atoms with E-state index in [0.29, 0.717) is 11.5 Å². The van der Waals surface area contributed by atoms with Gasteiger partial charge in [-0.3, -0.25) is 4.78 Å². The summed E-state index contributed by atoms with van der Waals surface area (Å²) in [5.74, 6) is 1.02. The first kappa shape index (κ1) is 15.4.